The molecule has 1 aliphatic rings. The maximum atomic E-state index is 12.2. The van der Waals surface area contributed by atoms with Crippen molar-refractivity contribution < 1.29 is 14.3 Å². The van der Waals surface area contributed by atoms with Gasteiger partial charge in [-0.15, -0.1) is 0 Å². The summed E-state index contributed by atoms with van der Waals surface area (Å²) in [4.78, 5) is 12.2. The van der Waals surface area contributed by atoms with Crippen LogP contribution in [-0.4, -0.2) is 19.6 Å². The van der Waals surface area contributed by atoms with Gasteiger partial charge in [-0.1, -0.05) is 24.3 Å². The molecule has 5 nitrogen and oxygen atoms in total. The highest BCUT2D eigenvalue weighted by atomic mass is 16.5. The van der Waals surface area contributed by atoms with E-state index in [4.69, 9.17) is 14.7 Å². The summed E-state index contributed by atoms with van der Waals surface area (Å²) in [5, 5.41) is 11.9. The smallest absolute Gasteiger partial charge is 0.258 e. The van der Waals surface area contributed by atoms with Crippen molar-refractivity contribution in [3.63, 3.8) is 0 Å². The molecule has 1 unspecified atom stereocenters. The van der Waals surface area contributed by atoms with E-state index in [1.165, 1.54) is 18.2 Å². The van der Waals surface area contributed by atoms with Crippen LogP contribution in [0.5, 0.6) is 11.5 Å². The number of hydrogen-bond acceptors (Lipinski definition) is 4. The van der Waals surface area contributed by atoms with Crippen molar-refractivity contribution in [1.82, 2.24) is 5.32 Å². The van der Waals surface area contributed by atoms with Gasteiger partial charge in [0.2, 0.25) is 0 Å². The molecule has 0 radical (unpaired) electrons. The van der Waals surface area contributed by atoms with Gasteiger partial charge in [0.1, 0.15) is 0 Å². The number of rotatable bonds is 5. The molecule has 2 aromatic carbocycles. The number of benzene rings is 2. The number of nitrogens with zero attached hydrogens (tertiary/aromatic N) is 1. The average Bonchev–Trinajstić information content (AvgIpc) is 3.03. The topological polar surface area (TPSA) is 71.3 Å². The Kier molecular flexibility index (Phi) is 4.66. The fourth-order valence-electron chi connectivity index (χ4n) is 2.94. The summed E-state index contributed by atoms with van der Waals surface area (Å²) in [7, 11) is 1.50. The van der Waals surface area contributed by atoms with Gasteiger partial charge in [0.25, 0.3) is 5.91 Å². The summed E-state index contributed by atoms with van der Waals surface area (Å²) < 4.78 is 10.7. The summed E-state index contributed by atoms with van der Waals surface area (Å²) in [6.45, 7) is -0.0963. The van der Waals surface area contributed by atoms with Crippen LogP contribution in [0.3, 0.4) is 0 Å². The third kappa shape index (κ3) is 3.33. The Morgan fingerprint density at radius 1 is 1.29 bits per heavy atom. The second-order valence-electron chi connectivity index (χ2n) is 5.62. The first-order chi connectivity index (χ1) is 11.7. The fraction of sp³-hybridized carbons (Fsp3) is 0.263. The Labute approximate surface area is 140 Å². The highest BCUT2D eigenvalue weighted by Crippen LogP contribution is 2.31. The lowest BCUT2D eigenvalue weighted by molar-refractivity contribution is -0.123. The van der Waals surface area contributed by atoms with Gasteiger partial charge in [-0.2, -0.15) is 5.26 Å². The second kappa shape index (κ2) is 7.05. The first-order valence-electron chi connectivity index (χ1n) is 7.79. The molecule has 1 amide bonds. The average molecular weight is 322 g/mol. The van der Waals surface area contributed by atoms with Gasteiger partial charge < -0.3 is 14.8 Å². The molecule has 3 rings (SSSR count). The lowest BCUT2D eigenvalue weighted by Crippen LogP contribution is -2.31. The second-order valence-corrected chi connectivity index (χ2v) is 5.62. The van der Waals surface area contributed by atoms with E-state index in [9.17, 15) is 4.79 Å². The van der Waals surface area contributed by atoms with Crippen LogP contribution < -0.4 is 14.8 Å². The van der Waals surface area contributed by atoms with E-state index in [0.29, 0.717) is 17.1 Å². The standard InChI is InChI=1S/C19H18N2O3/c1-23-18-10-13(11-20)6-9-17(18)24-12-19(22)21-16-8-7-14-4-2-3-5-15(14)16/h2-6,9-10,16H,7-8,12H2,1H3,(H,21,22). The van der Waals surface area contributed by atoms with Crippen molar-refractivity contribution in [3.05, 3.63) is 59.2 Å². The highest BCUT2D eigenvalue weighted by molar-refractivity contribution is 5.78. The van der Waals surface area contributed by atoms with E-state index in [1.807, 2.05) is 18.2 Å². The normalized spacial score (nSPS) is 15.2. The van der Waals surface area contributed by atoms with E-state index in [-0.39, 0.29) is 18.6 Å². The SMILES string of the molecule is COc1cc(C#N)ccc1OCC(=O)NC1CCc2ccccc21. The van der Waals surface area contributed by atoms with Gasteiger partial charge in [0, 0.05) is 6.07 Å². The monoisotopic (exact) mass is 322 g/mol. The first kappa shape index (κ1) is 15.9. The largest absolute Gasteiger partial charge is 0.493 e. The van der Waals surface area contributed by atoms with Crippen LogP contribution in [0.15, 0.2) is 42.5 Å². The molecule has 2 aromatic rings. The van der Waals surface area contributed by atoms with Crippen LogP contribution in [0.25, 0.3) is 0 Å². The van der Waals surface area contributed by atoms with Crippen molar-refractivity contribution in [3.8, 4) is 17.6 Å². The van der Waals surface area contributed by atoms with Crippen LogP contribution in [0.4, 0.5) is 0 Å². The summed E-state index contributed by atoms with van der Waals surface area (Å²) in [6.07, 6.45) is 1.89. The minimum Gasteiger partial charge on any atom is -0.493 e. The molecule has 0 fully saturated rings. The maximum Gasteiger partial charge on any atom is 0.258 e. The van der Waals surface area contributed by atoms with E-state index in [1.54, 1.807) is 18.2 Å². The van der Waals surface area contributed by atoms with E-state index in [2.05, 4.69) is 17.4 Å². The maximum absolute atomic E-state index is 12.2. The predicted octanol–water partition coefficient (Wildman–Crippen LogP) is 2.75. The Bertz CT molecular complexity index is 795. The summed E-state index contributed by atoms with van der Waals surface area (Å²) in [6, 6.07) is 15.1. The minimum absolute atomic E-state index is 0.0418. The van der Waals surface area contributed by atoms with E-state index < -0.39 is 0 Å². The third-order valence-electron chi connectivity index (χ3n) is 4.12. The van der Waals surface area contributed by atoms with Crippen LogP contribution >= 0.6 is 0 Å². The Hall–Kier alpha value is -3.00. The van der Waals surface area contributed by atoms with Gasteiger partial charge in [-0.3, -0.25) is 4.79 Å². The zero-order valence-corrected chi connectivity index (χ0v) is 13.4. The molecule has 0 saturated carbocycles. The molecule has 0 aromatic heterocycles. The molecular formula is C19H18N2O3. The number of aryl methyl sites for hydroxylation is 1. The van der Waals surface area contributed by atoms with Crippen LogP contribution in [0.2, 0.25) is 0 Å². The molecular weight excluding hydrogens is 304 g/mol. The summed E-state index contributed by atoms with van der Waals surface area (Å²) in [5.74, 6) is 0.703. The summed E-state index contributed by atoms with van der Waals surface area (Å²) >= 11 is 0. The fourth-order valence-corrected chi connectivity index (χ4v) is 2.94. The number of ether oxygens (including phenoxy) is 2. The van der Waals surface area contributed by atoms with Crippen molar-refractivity contribution in [2.24, 2.45) is 0 Å². The van der Waals surface area contributed by atoms with Crippen molar-refractivity contribution in [1.29, 1.82) is 5.26 Å². The van der Waals surface area contributed by atoms with E-state index >= 15 is 0 Å². The number of nitrogens with one attached hydrogen (secondary N) is 1. The first-order valence-corrected chi connectivity index (χ1v) is 7.79. The highest BCUT2D eigenvalue weighted by Gasteiger charge is 2.23. The van der Waals surface area contributed by atoms with Crippen molar-refractivity contribution in [2.45, 2.75) is 18.9 Å². The Morgan fingerprint density at radius 3 is 2.92 bits per heavy atom. The molecule has 5 heteroatoms. The molecule has 122 valence electrons. The molecule has 1 N–H and O–H groups in total. The third-order valence-corrected chi connectivity index (χ3v) is 4.12. The molecule has 0 saturated heterocycles. The van der Waals surface area contributed by atoms with Crippen molar-refractivity contribution in [2.75, 3.05) is 13.7 Å². The quantitative estimate of drug-likeness (QED) is 0.919. The number of hydrogen-bond donors (Lipinski definition) is 1. The lowest BCUT2D eigenvalue weighted by atomic mass is 10.1. The van der Waals surface area contributed by atoms with Gasteiger partial charge in [-0.25, -0.2) is 0 Å². The number of nitriles is 1. The van der Waals surface area contributed by atoms with E-state index in [0.717, 1.165) is 12.8 Å². The van der Waals surface area contributed by atoms with Gasteiger partial charge >= 0.3 is 0 Å². The Morgan fingerprint density at radius 2 is 2.12 bits per heavy atom. The van der Waals surface area contributed by atoms with Crippen LogP contribution in [-0.2, 0) is 11.2 Å². The van der Waals surface area contributed by atoms with Gasteiger partial charge in [0.05, 0.1) is 24.8 Å². The number of carbonyl (C=O) groups excluding carboxylic acids is 1. The van der Waals surface area contributed by atoms with Gasteiger partial charge in [-0.05, 0) is 36.1 Å². The summed E-state index contributed by atoms with van der Waals surface area (Å²) in [5.41, 5.74) is 2.95. The number of carbonyl (C=O) groups is 1. The van der Waals surface area contributed by atoms with Gasteiger partial charge in [0.15, 0.2) is 18.1 Å². The molecule has 0 spiro atoms. The molecule has 1 aliphatic carbocycles. The number of fused-ring (bicyclic) bond motifs is 1. The van der Waals surface area contributed by atoms with Crippen LogP contribution in [0.1, 0.15) is 29.2 Å². The van der Waals surface area contributed by atoms with Crippen LogP contribution in [0, 0.1) is 11.3 Å². The number of methoxy groups -OCH3 is 1. The van der Waals surface area contributed by atoms with Crippen molar-refractivity contribution >= 4 is 5.91 Å². The lowest BCUT2D eigenvalue weighted by Gasteiger charge is -2.15. The Balaban J connectivity index is 1.60. The predicted molar refractivity (Wildman–Crippen MR) is 88.9 cm³/mol. The minimum atomic E-state index is -0.178. The zero-order valence-electron chi connectivity index (χ0n) is 13.4. The molecule has 0 aliphatic heterocycles. The molecule has 24 heavy (non-hydrogen) atoms. The molecule has 1 atom stereocenters. The zero-order chi connectivity index (χ0) is 16.9. The molecule has 0 bridgehead atoms. The number of amides is 1. The molecule has 0 heterocycles.